The lowest BCUT2D eigenvalue weighted by Gasteiger charge is -2.36. The lowest BCUT2D eigenvalue weighted by atomic mass is 9.78. The van der Waals surface area contributed by atoms with E-state index in [1.54, 1.807) is 0 Å². The fourth-order valence-corrected chi connectivity index (χ4v) is 3.88. The van der Waals surface area contributed by atoms with E-state index in [4.69, 9.17) is 4.52 Å². The topological polar surface area (TPSA) is 88.2 Å². The Morgan fingerprint density at radius 3 is 2.71 bits per heavy atom. The van der Waals surface area contributed by atoms with Crippen molar-refractivity contribution in [2.75, 3.05) is 6.54 Å². The average Bonchev–Trinajstić information content (AvgIpc) is 3.45. The number of fused-ring (bicyclic) bond motifs is 1. The molecule has 2 saturated carbocycles. The molecule has 0 atom stereocenters. The number of rotatable bonds is 6. The second-order valence-corrected chi connectivity index (χ2v) is 8.03. The van der Waals surface area contributed by atoms with Crippen LogP contribution in [0.2, 0.25) is 0 Å². The fourth-order valence-electron chi connectivity index (χ4n) is 3.88. The number of nitrogens with zero attached hydrogens (tertiary/aromatic N) is 2. The Hall–Kier alpha value is -2.73. The van der Waals surface area contributed by atoms with Gasteiger partial charge < -0.3 is 14.9 Å². The number of pyridine rings is 1. The van der Waals surface area contributed by atoms with Crippen molar-refractivity contribution in [3.05, 3.63) is 47.7 Å². The summed E-state index contributed by atoms with van der Waals surface area (Å²) >= 11 is 0. The summed E-state index contributed by atoms with van der Waals surface area (Å²) in [5.41, 5.74) is 2.80. The van der Waals surface area contributed by atoms with Crippen LogP contribution in [0.5, 0.6) is 0 Å². The summed E-state index contributed by atoms with van der Waals surface area (Å²) in [7, 11) is 0. The SMILES string of the molecule is O=C(NCCC1(O)CCC1)c1cc(-c2ccccc2)nc2onc(C3CC3)c12. The molecule has 0 radical (unpaired) electrons. The molecule has 2 N–H and O–H groups in total. The average molecular weight is 377 g/mol. The smallest absolute Gasteiger partial charge is 0.259 e. The van der Waals surface area contributed by atoms with Crippen LogP contribution in [0.15, 0.2) is 40.9 Å². The molecule has 2 fully saturated rings. The largest absolute Gasteiger partial charge is 0.390 e. The van der Waals surface area contributed by atoms with E-state index in [1.807, 2.05) is 36.4 Å². The normalized spacial score (nSPS) is 18.0. The summed E-state index contributed by atoms with van der Waals surface area (Å²) in [6, 6.07) is 11.6. The molecule has 5 rings (SSSR count). The highest BCUT2D eigenvalue weighted by atomic mass is 16.5. The summed E-state index contributed by atoms with van der Waals surface area (Å²) < 4.78 is 5.51. The molecule has 144 valence electrons. The second-order valence-electron chi connectivity index (χ2n) is 8.03. The van der Waals surface area contributed by atoms with Crippen LogP contribution in [0.1, 0.15) is 60.5 Å². The van der Waals surface area contributed by atoms with Gasteiger partial charge in [-0.1, -0.05) is 35.5 Å². The van der Waals surface area contributed by atoms with Crippen LogP contribution in [0.25, 0.3) is 22.4 Å². The highest BCUT2D eigenvalue weighted by Crippen LogP contribution is 2.43. The van der Waals surface area contributed by atoms with Gasteiger partial charge in [-0.3, -0.25) is 4.79 Å². The van der Waals surface area contributed by atoms with Gasteiger partial charge >= 0.3 is 0 Å². The van der Waals surface area contributed by atoms with Gasteiger partial charge in [-0.05, 0) is 44.6 Å². The maximum atomic E-state index is 13.0. The number of aromatic nitrogens is 2. The molecule has 6 nitrogen and oxygen atoms in total. The standard InChI is InChI=1S/C22H23N3O3/c26-20(23-12-11-22(27)9-4-10-22)16-13-17(14-5-2-1-3-6-14)24-21-18(16)19(25-28-21)15-7-8-15/h1-3,5-6,13,15,27H,4,7-12H2,(H,23,26). The molecule has 28 heavy (non-hydrogen) atoms. The number of aliphatic hydroxyl groups is 1. The Morgan fingerprint density at radius 1 is 1.25 bits per heavy atom. The van der Waals surface area contributed by atoms with Crippen molar-refractivity contribution in [1.82, 2.24) is 15.5 Å². The lowest BCUT2D eigenvalue weighted by molar-refractivity contribution is -0.0390. The first-order valence-electron chi connectivity index (χ1n) is 9.99. The third kappa shape index (κ3) is 3.18. The van der Waals surface area contributed by atoms with E-state index in [0.29, 0.717) is 35.9 Å². The zero-order valence-electron chi connectivity index (χ0n) is 15.6. The van der Waals surface area contributed by atoms with E-state index in [-0.39, 0.29) is 5.91 Å². The minimum atomic E-state index is -0.605. The Kier molecular flexibility index (Phi) is 4.16. The van der Waals surface area contributed by atoms with Crippen LogP contribution in [-0.2, 0) is 0 Å². The molecular weight excluding hydrogens is 354 g/mol. The van der Waals surface area contributed by atoms with Gasteiger partial charge in [0.25, 0.3) is 11.6 Å². The summed E-state index contributed by atoms with van der Waals surface area (Å²) in [6.07, 6.45) is 5.40. The molecule has 1 amide bonds. The minimum absolute atomic E-state index is 0.169. The van der Waals surface area contributed by atoms with Gasteiger partial charge in [0.1, 0.15) is 0 Å². The van der Waals surface area contributed by atoms with Crippen LogP contribution < -0.4 is 5.32 Å². The first kappa shape index (κ1) is 17.4. The van der Waals surface area contributed by atoms with Crippen molar-refractivity contribution >= 4 is 17.0 Å². The molecule has 3 aromatic rings. The Bertz CT molecular complexity index is 1020. The van der Waals surface area contributed by atoms with Gasteiger partial charge in [-0.25, -0.2) is 4.98 Å². The van der Waals surface area contributed by atoms with E-state index in [1.165, 1.54) is 0 Å². The zero-order chi connectivity index (χ0) is 19.1. The van der Waals surface area contributed by atoms with Crippen molar-refractivity contribution in [2.24, 2.45) is 0 Å². The predicted octanol–water partition coefficient (Wildman–Crippen LogP) is 3.80. The zero-order valence-corrected chi connectivity index (χ0v) is 15.6. The summed E-state index contributed by atoms with van der Waals surface area (Å²) in [4.78, 5) is 17.6. The molecule has 6 heteroatoms. The van der Waals surface area contributed by atoms with Gasteiger partial charge in [-0.15, -0.1) is 0 Å². The van der Waals surface area contributed by atoms with Gasteiger partial charge in [-0.2, -0.15) is 0 Å². The first-order valence-corrected chi connectivity index (χ1v) is 9.99. The molecule has 2 heterocycles. The van der Waals surface area contributed by atoms with Crippen LogP contribution in [0.4, 0.5) is 0 Å². The molecule has 0 spiro atoms. The molecule has 2 aliphatic rings. The van der Waals surface area contributed by atoms with Crippen molar-refractivity contribution in [3.8, 4) is 11.3 Å². The van der Waals surface area contributed by atoms with Crippen LogP contribution in [0.3, 0.4) is 0 Å². The molecule has 0 saturated heterocycles. The molecule has 2 aromatic heterocycles. The second kappa shape index (κ2) is 6.71. The van der Waals surface area contributed by atoms with E-state index < -0.39 is 5.60 Å². The van der Waals surface area contributed by atoms with Gasteiger partial charge in [0, 0.05) is 18.0 Å². The third-order valence-corrected chi connectivity index (χ3v) is 5.91. The van der Waals surface area contributed by atoms with Crippen molar-refractivity contribution in [1.29, 1.82) is 0 Å². The molecule has 2 aliphatic carbocycles. The van der Waals surface area contributed by atoms with Crippen molar-refractivity contribution in [2.45, 2.75) is 50.0 Å². The van der Waals surface area contributed by atoms with E-state index >= 15 is 0 Å². The Labute approximate surface area is 162 Å². The van der Waals surface area contributed by atoms with Crippen LogP contribution >= 0.6 is 0 Å². The number of carbonyl (C=O) groups excluding carboxylic acids is 1. The van der Waals surface area contributed by atoms with Crippen LogP contribution in [0, 0.1) is 0 Å². The third-order valence-electron chi connectivity index (χ3n) is 5.91. The number of nitrogens with one attached hydrogen (secondary N) is 1. The molecule has 0 aliphatic heterocycles. The van der Waals surface area contributed by atoms with Gasteiger partial charge in [0.2, 0.25) is 0 Å². The van der Waals surface area contributed by atoms with E-state index in [2.05, 4.69) is 15.5 Å². The number of carbonyl (C=O) groups is 1. The van der Waals surface area contributed by atoms with E-state index in [0.717, 1.165) is 48.7 Å². The number of benzene rings is 1. The Balaban J connectivity index is 1.49. The lowest BCUT2D eigenvalue weighted by Crippen LogP contribution is -2.40. The Morgan fingerprint density at radius 2 is 2.04 bits per heavy atom. The van der Waals surface area contributed by atoms with Gasteiger partial charge in [0.05, 0.1) is 27.9 Å². The monoisotopic (exact) mass is 377 g/mol. The summed E-state index contributed by atoms with van der Waals surface area (Å²) in [5, 5.41) is 18.2. The van der Waals surface area contributed by atoms with E-state index in [9.17, 15) is 9.90 Å². The predicted molar refractivity (Wildman–Crippen MR) is 105 cm³/mol. The maximum absolute atomic E-state index is 13.0. The fraction of sp³-hybridized carbons (Fsp3) is 0.409. The highest BCUT2D eigenvalue weighted by molar-refractivity contribution is 6.07. The minimum Gasteiger partial charge on any atom is -0.390 e. The quantitative estimate of drug-likeness (QED) is 0.682. The molecule has 1 aromatic carbocycles. The summed E-state index contributed by atoms with van der Waals surface area (Å²) in [5.74, 6) is 0.186. The number of hydrogen-bond donors (Lipinski definition) is 2. The number of hydrogen-bond acceptors (Lipinski definition) is 5. The molecular formula is C22H23N3O3. The molecule has 0 unspecified atom stereocenters. The highest BCUT2D eigenvalue weighted by Gasteiger charge is 2.34. The number of amides is 1. The van der Waals surface area contributed by atoms with Crippen LogP contribution in [-0.4, -0.2) is 33.3 Å². The maximum Gasteiger partial charge on any atom is 0.259 e. The first-order chi connectivity index (χ1) is 13.6. The molecule has 0 bridgehead atoms. The van der Waals surface area contributed by atoms with Crippen molar-refractivity contribution < 1.29 is 14.4 Å². The van der Waals surface area contributed by atoms with Crippen molar-refractivity contribution in [3.63, 3.8) is 0 Å². The summed E-state index contributed by atoms with van der Waals surface area (Å²) in [6.45, 7) is 0.448. The van der Waals surface area contributed by atoms with Gasteiger partial charge in [0.15, 0.2) is 0 Å².